The molecule has 1 fully saturated rings. The highest BCUT2D eigenvalue weighted by Crippen LogP contribution is 2.28. The average molecular weight is 253 g/mol. The molecule has 0 bridgehead atoms. The summed E-state index contributed by atoms with van der Waals surface area (Å²) in [6.45, 7) is 1.57. The molecule has 0 saturated heterocycles. The maximum atomic E-state index is 11.4. The van der Waals surface area contributed by atoms with Crippen molar-refractivity contribution in [2.45, 2.75) is 25.5 Å². The van der Waals surface area contributed by atoms with Crippen LogP contribution >= 0.6 is 0 Å². The highest BCUT2D eigenvalue weighted by molar-refractivity contribution is 5.87. The molecule has 1 aliphatic rings. The second-order valence-electron chi connectivity index (χ2n) is 4.95. The van der Waals surface area contributed by atoms with Gasteiger partial charge in [-0.05, 0) is 31.9 Å². The van der Waals surface area contributed by atoms with Crippen molar-refractivity contribution in [3.63, 3.8) is 0 Å². The van der Waals surface area contributed by atoms with Gasteiger partial charge in [0.1, 0.15) is 0 Å². The number of hydrogen-bond acceptors (Lipinski definition) is 5. The summed E-state index contributed by atoms with van der Waals surface area (Å²) in [7, 11) is 3.34. The summed E-state index contributed by atoms with van der Waals surface area (Å²) in [5, 5.41) is 9.24. The number of ether oxygens (including phenoxy) is 1. The number of carbonyl (C=O) groups is 1. The summed E-state index contributed by atoms with van der Waals surface area (Å²) in [6, 6.07) is 1.79. The van der Waals surface area contributed by atoms with Crippen molar-refractivity contribution in [1.82, 2.24) is 4.90 Å². The molecule has 1 aromatic heterocycles. The Bertz CT molecular complexity index is 409. The normalized spacial score (nSPS) is 22.9. The molecule has 5 nitrogen and oxygen atoms in total. The van der Waals surface area contributed by atoms with E-state index in [1.54, 1.807) is 6.07 Å². The van der Waals surface area contributed by atoms with Crippen molar-refractivity contribution in [3.8, 4) is 0 Å². The summed E-state index contributed by atoms with van der Waals surface area (Å²) in [4.78, 5) is 13.6. The Morgan fingerprint density at radius 2 is 2.33 bits per heavy atom. The largest absolute Gasteiger partial charge is 0.463 e. The van der Waals surface area contributed by atoms with E-state index in [4.69, 9.17) is 4.42 Å². The molecule has 100 valence electrons. The lowest BCUT2D eigenvalue weighted by Gasteiger charge is -2.34. The first-order valence-electron chi connectivity index (χ1n) is 6.11. The number of rotatable bonds is 5. The van der Waals surface area contributed by atoms with Crippen LogP contribution in [0.15, 0.2) is 16.7 Å². The molecule has 0 aromatic carbocycles. The topological polar surface area (TPSA) is 62.9 Å². The lowest BCUT2D eigenvalue weighted by molar-refractivity contribution is 0.0273. The van der Waals surface area contributed by atoms with Gasteiger partial charge in [0.05, 0.1) is 19.5 Å². The van der Waals surface area contributed by atoms with Gasteiger partial charge in [-0.1, -0.05) is 0 Å². The van der Waals surface area contributed by atoms with Gasteiger partial charge in [0.2, 0.25) is 5.76 Å². The first-order valence-corrected chi connectivity index (χ1v) is 6.11. The van der Waals surface area contributed by atoms with Crippen LogP contribution in [0.1, 0.15) is 29.0 Å². The number of furan rings is 1. The van der Waals surface area contributed by atoms with E-state index in [2.05, 4.69) is 9.64 Å². The van der Waals surface area contributed by atoms with Crippen LogP contribution in [-0.4, -0.2) is 42.8 Å². The molecule has 0 amide bonds. The van der Waals surface area contributed by atoms with Gasteiger partial charge in [-0.15, -0.1) is 0 Å². The van der Waals surface area contributed by atoms with Crippen molar-refractivity contribution in [3.05, 3.63) is 23.7 Å². The van der Waals surface area contributed by atoms with Crippen molar-refractivity contribution in [1.29, 1.82) is 0 Å². The number of nitrogens with zero attached hydrogens (tertiary/aromatic N) is 1. The molecule has 18 heavy (non-hydrogen) atoms. The van der Waals surface area contributed by atoms with Crippen molar-refractivity contribution in [2.24, 2.45) is 5.92 Å². The number of aliphatic hydroxyl groups is 1. The van der Waals surface area contributed by atoms with Crippen molar-refractivity contribution < 1.29 is 19.1 Å². The van der Waals surface area contributed by atoms with E-state index in [9.17, 15) is 9.90 Å². The van der Waals surface area contributed by atoms with E-state index < -0.39 is 5.97 Å². The zero-order valence-corrected chi connectivity index (χ0v) is 10.8. The maximum Gasteiger partial charge on any atom is 0.374 e. The molecule has 0 atom stereocenters. The molecule has 1 aliphatic carbocycles. The first-order chi connectivity index (χ1) is 8.60. The van der Waals surface area contributed by atoms with Crippen LogP contribution in [0.25, 0.3) is 0 Å². The quantitative estimate of drug-likeness (QED) is 0.801. The SMILES string of the molecule is COC(=O)c1occc1CN(C)CC1CC(O)C1. The van der Waals surface area contributed by atoms with Crippen LogP contribution in [0.2, 0.25) is 0 Å². The van der Waals surface area contributed by atoms with Gasteiger partial charge in [0, 0.05) is 18.7 Å². The number of aliphatic hydroxyl groups excluding tert-OH is 1. The van der Waals surface area contributed by atoms with Crippen LogP contribution < -0.4 is 0 Å². The van der Waals surface area contributed by atoms with E-state index in [1.165, 1.54) is 13.4 Å². The minimum Gasteiger partial charge on any atom is -0.463 e. The molecule has 0 unspecified atom stereocenters. The lowest BCUT2D eigenvalue weighted by atomic mass is 9.82. The minimum atomic E-state index is -0.442. The fourth-order valence-electron chi connectivity index (χ4n) is 2.38. The molecule has 1 N–H and O–H groups in total. The summed E-state index contributed by atoms with van der Waals surface area (Å²) < 4.78 is 9.80. The van der Waals surface area contributed by atoms with Crippen LogP contribution in [0.5, 0.6) is 0 Å². The predicted molar refractivity (Wildman–Crippen MR) is 65.1 cm³/mol. The summed E-state index contributed by atoms with van der Waals surface area (Å²) >= 11 is 0. The second kappa shape index (κ2) is 5.54. The second-order valence-corrected chi connectivity index (χ2v) is 4.95. The van der Waals surface area contributed by atoms with Crippen LogP contribution in [0.4, 0.5) is 0 Å². The number of methoxy groups -OCH3 is 1. The van der Waals surface area contributed by atoms with E-state index in [1.807, 2.05) is 7.05 Å². The van der Waals surface area contributed by atoms with Crippen LogP contribution in [0, 0.1) is 5.92 Å². The van der Waals surface area contributed by atoms with Gasteiger partial charge in [-0.25, -0.2) is 4.79 Å². The summed E-state index contributed by atoms with van der Waals surface area (Å²) in [5.74, 6) is 0.388. The minimum absolute atomic E-state index is 0.122. The fourth-order valence-corrected chi connectivity index (χ4v) is 2.38. The molecule has 1 aromatic rings. The predicted octanol–water partition coefficient (Wildman–Crippen LogP) is 1.27. The smallest absolute Gasteiger partial charge is 0.374 e. The molecule has 1 saturated carbocycles. The van der Waals surface area contributed by atoms with Gasteiger partial charge >= 0.3 is 5.97 Å². The molecule has 0 spiro atoms. The highest BCUT2D eigenvalue weighted by Gasteiger charge is 2.28. The molecule has 0 radical (unpaired) electrons. The van der Waals surface area contributed by atoms with E-state index in [0.29, 0.717) is 12.5 Å². The Hall–Kier alpha value is -1.33. The Morgan fingerprint density at radius 3 is 2.94 bits per heavy atom. The number of carbonyl (C=O) groups excluding carboxylic acids is 1. The molecule has 2 rings (SSSR count). The molecule has 1 heterocycles. The third-order valence-corrected chi connectivity index (χ3v) is 3.34. The number of hydrogen-bond donors (Lipinski definition) is 1. The summed E-state index contributed by atoms with van der Waals surface area (Å²) in [6.07, 6.45) is 3.13. The Kier molecular flexibility index (Phi) is 4.04. The van der Waals surface area contributed by atoms with Gasteiger partial charge in [-0.2, -0.15) is 0 Å². The van der Waals surface area contributed by atoms with Crippen molar-refractivity contribution in [2.75, 3.05) is 20.7 Å². The molecule has 0 aliphatic heterocycles. The van der Waals surface area contributed by atoms with E-state index in [0.717, 1.165) is 24.9 Å². The maximum absolute atomic E-state index is 11.4. The highest BCUT2D eigenvalue weighted by atomic mass is 16.5. The third kappa shape index (κ3) is 2.91. The monoisotopic (exact) mass is 253 g/mol. The lowest BCUT2D eigenvalue weighted by Crippen LogP contribution is -2.36. The molecular weight excluding hydrogens is 234 g/mol. The zero-order chi connectivity index (χ0) is 13.1. The van der Waals surface area contributed by atoms with Gasteiger partial charge in [0.15, 0.2) is 0 Å². The standard InChI is InChI=1S/C13H19NO4/c1-14(7-9-5-11(15)6-9)8-10-3-4-18-12(10)13(16)17-2/h3-4,9,11,15H,5-8H2,1-2H3. The van der Waals surface area contributed by atoms with Crippen LogP contribution in [-0.2, 0) is 11.3 Å². The van der Waals surface area contributed by atoms with Gasteiger partial charge in [-0.3, -0.25) is 0 Å². The fraction of sp³-hybridized carbons (Fsp3) is 0.615. The first kappa shape index (κ1) is 13.1. The number of esters is 1. The Labute approximate surface area is 106 Å². The Morgan fingerprint density at radius 1 is 1.61 bits per heavy atom. The van der Waals surface area contributed by atoms with Gasteiger partial charge < -0.3 is 19.2 Å². The third-order valence-electron chi connectivity index (χ3n) is 3.34. The van der Waals surface area contributed by atoms with Gasteiger partial charge in [0.25, 0.3) is 0 Å². The van der Waals surface area contributed by atoms with Crippen molar-refractivity contribution >= 4 is 5.97 Å². The van der Waals surface area contributed by atoms with Crippen LogP contribution in [0.3, 0.4) is 0 Å². The molecule has 5 heteroatoms. The Balaban J connectivity index is 1.88. The average Bonchev–Trinajstić information content (AvgIpc) is 2.74. The molecular formula is C13H19NO4. The van der Waals surface area contributed by atoms with E-state index in [-0.39, 0.29) is 11.9 Å². The zero-order valence-electron chi connectivity index (χ0n) is 10.8. The summed E-state index contributed by atoms with van der Waals surface area (Å²) in [5.41, 5.74) is 0.837. The van der Waals surface area contributed by atoms with E-state index >= 15 is 0 Å².